The number of rotatable bonds is 6. The van der Waals surface area contributed by atoms with Gasteiger partial charge in [0.15, 0.2) is 0 Å². The van der Waals surface area contributed by atoms with Gasteiger partial charge in [-0.15, -0.1) is 0 Å². The summed E-state index contributed by atoms with van der Waals surface area (Å²) < 4.78 is 65.7. The van der Waals surface area contributed by atoms with E-state index in [9.17, 15) is 21.6 Å². The van der Waals surface area contributed by atoms with E-state index in [0.29, 0.717) is 16.6 Å². The van der Waals surface area contributed by atoms with Crippen LogP contribution in [0.25, 0.3) is 10.9 Å². The van der Waals surface area contributed by atoms with Crippen molar-refractivity contribution in [1.82, 2.24) is 19.2 Å². The highest BCUT2D eigenvalue weighted by molar-refractivity contribution is 7.90. The molecule has 0 aliphatic heterocycles. The average Bonchev–Trinajstić information content (AvgIpc) is 3.35. The Kier molecular flexibility index (Phi) is 4.83. The molecule has 30 heavy (non-hydrogen) atoms. The fraction of sp³-hybridized carbons (Fsp3) is 0.389. The number of benzene rings is 1. The molecule has 2 aromatic heterocycles. The summed E-state index contributed by atoms with van der Waals surface area (Å²) in [4.78, 5) is 7.80. The molecule has 1 aromatic carbocycles. The van der Waals surface area contributed by atoms with E-state index in [1.54, 1.807) is 32.0 Å². The van der Waals surface area contributed by atoms with E-state index < -0.39 is 27.0 Å². The fourth-order valence-corrected chi connectivity index (χ4v) is 3.85. The highest BCUT2D eigenvalue weighted by Crippen LogP contribution is 2.36. The van der Waals surface area contributed by atoms with E-state index in [2.05, 4.69) is 25.7 Å². The number of hydrogen-bond donors (Lipinski definition) is 2. The van der Waals surface area contributed by atoms with Crippen LogP contribution in [0.4, 0.5) is 30.6 Å². The van der Waals surface area contributed by atoms with Gasteiger partial charge in [0.25, 0.3) is 10.0 Å². The van der Waals surface area contributed by atoms with Crippen LogP contribution < -0.4 is 10.6 Å². The van der Waals surface area contributed by atoms with Crippen molar-refractivity contribution in [1.29, 1.82) is 0 Å². The largest absolute Gasteiger partial charge is 0.421 e. The Bertz CT molecular complexity index is 1200. The normalized spacial score (nSPS) is 15.0. The molecule has 0 bridgehead atoms. The molecule has 0 spiro atoms. The molecule has 4 rings (SSSR count). The van der Waals surface area contributed by atoms with Crippen molar-refractivity contribution in [3.63, 3.8) is 0 Å². The lowest BCUT2D eigenvalue weighted by molar-refractivity contribution is -0.137. The Labute approximate surface area is 170 Å². The lowest BCUT2D eigenvalue weighted by Crippen LogP contribution is -2.23. The van der Waals surface area contributed by atoms with Crippen molar-refractivity contribution in [2.75, 3.05) is 10.6 Å². The van der Waals surface area contributed by atoms with Gasteiger partial charge in [0.05, 0.1) is 22.7 Å². The zero-order valence-corrected chi connectivity index (χ0v) is 16.9. The van der Waals surface area contributed by atoms with Gasteiger partial charge in [0, 0.05) is 17.6 Å². The van der Waals surface area contributed by atoms with E-state index in [4.69, 9.17) is 0 Å². The van der Waals surface area contributed by atoms with Crippen LogP contribution in [0.5, 0.6) is 0 Å². The van der Waals surface area contributed by atoms with E-state index in [1.807, 2.05) is 0 Å². The Morgan fingerprint density at radius 1 is 1.20 bits per heavy atom. The number of aromatic nitrogens is 4. The standard InChI is InChI=1S/C18H19F3N6O2S/c1-10(2)30(28,29)27-15-5-3-4-14(12(15)8-23-27)25-17-22-9-13(18(19,20)21)16(26-17)24-11-6-7-11/h3-5,8-11H,6-7H2,1-2H3,(H2,22,24,25,26). The van der Waals surface area contributed by atoms with Crippen LogP contribution in [0.3, 0.4) is 0 Å². The van der Waals surface area contributed by atoms with Gasteiger partial charge in [-0.1, -0.05) is 6.07 Å². The lowest BCUT2D eigenvalue weighted by atomic mass is 10.2. The van der Waals surface area contributed by atoms with Crippen LogP contribution in [0.15, 0.2) is 30.6 Å². The molecular formula is C18H19F3N6O2S. The zero-order chi connectivity index (χ0) is 21.7. The van der Waals surface area contributed by atoms with Crippen molar-refractivity contribution >= 4 is 38.4 Å². The predicted molar refractivity (Wildman–Crippen MR) is 106 cm³/mol. The lowest BCUT2D eigenvalue weighted by Gasteiger charge is -2.14. The second kappa shape index (κ2) is 7.11. The van der Waals surface area contributed by atoms with Crippen LogP contribution in [-0.4, -0.2) is 38.9 Å². The SMILES string of the molecule is CC(C)S(=O)(=O)n1ncc2c(Nc3ncc(C(F)(F)F)c(NC4CC4)n3)cccc21. The molecule has 1 aliphatic carbocycles. The van der Waals surface area contributed by atoms with Gasteiger partial charge < -0.3 is 10.6 Å². The molecule has 8 nitrogen and oxygen atoms in total. The van der Waals surface area contributed by atoms with Gasteiger partial charge in [-0.2, -0.15) is 27.3 Å². The molecule has 12 heteroatoms. The highest BCUT2D eigenvalue weighted by Gasteiger charge is 2.37. The molecular weight excluding hydrogens is 421 g/mol. The number of halogens is 3. The van der Waals surface area contributed by atoms with Crippen molar-refractivity contribution in [3.05, 3.63) is 36.2 Å². The Morgan fingerprint density at radius 3 is 2.57 bits per heavy atom. The van der Waals surface area contributed by atoms with Gasteiger partial charge in [0.1, 0.15) is 11.4 Å². The predicted octanol–water partition coefficient (Wildman–Crippen LogP) is 3.75. The summed E-state index contributed by atoms with van der Waals surface area (Å²) in [6.07, 6.45) is -0.903. The minimum Gasteiger partial charge on any atom is -0.367 e. The fourth-order valence-electron chi connectivity index (χ4n) is 2.84. The first-order valence-electron chi connectivity index (χ1n) is 9.26. The van der Waals surface area contributed by atoms with Crippen LogP contribution in [0, 0.1) is 0 Å². The molecule has 1 fully saturated rings. The van der Waals surface area contributed by atoms with Crippen LogP contribution in [0.1, 0.15) is 32.3 Å². The van der Waals surface area contributed by atoms with E-state index in [-0.39, 0.29) is 17.8 Å². The van der Waals surface area contributed by atoms with Crippen molar-refractivity contribution in [2.45, 2.75) is 44.2 Å². The third-order valence-corrected chi connectivity index (χ3v) is 6.64. The minimum absolute atomic E-state index is 0.0308. The summed E-state index contributed by atoms with van der Waals surface area (Å²) in [5.74, 6) is -0.328. The summed E-state index contributed by atoms with van der Waals surface area (Å²) in [6.45, 7) is 3.10. The van der Waals surface area contributed by atoms with Gasteiger partial charge in [-0.05, 0) is 38.8 Å². The second-order valence-electron chi connectivity index (χ2n) is 7.32. The van der Waals surface area contributed by atoms with Crippen LogP contribution in [-0.2, 0) is 16.2 Å². The molecule has 0 unspecified atom stereocenters. The third kappa shape index (κ3) is 3.78. The van der Waals surface area contributed by atoms with Crippen molar-refractivity contribution in [2.24, 2.45) is 0 Å². The zero-order valence-electron chi connectivity index (χ0n) is 16.1. The van der Waals surface area contributed by atoms with E-state index in [0.717, 1.165) is 23.1 Å². The summed E-state index contributed by atoms with van der Waals surface area (Å²) in [5.41, 5.74) is -0.166. The smallest absolute Gasteiger partial charge is 0.367 e. The van der Waals surface area contributed by atoms with Gasteiger partial charge in [-0.25, -0.2) is 13.4 Å². The summed E-state index contributed by atoms with van der Waals surface area (Å²) in [6, 6.07) is 4.83. The Balaban J connectivity index is 1.72. The number of nitrogens with zero attached hydrogens (tertiary/aromatic N) is 4. The van der Waals surface area contributed by atoms with Crippen LogP contribution >= 0.6 is 0 Å². The first-order valence-corrected chi connectivity index (χ1v) is 10.8. The number of alkyl halides is 3. The summed E-state index contributed by atoms with van der Waals surface area (Å²) >= 11 is 0. The molecule has 2 N–H and O–H groups in total. The second-order valence-corrected chi connectivity index (χ2v) is 9.64. The number of nitrogens with one attached hydrogen (secondary N) is 2. The maximum Gasteiger partial charge on any atom is 0.421 e. The molecule has 0 radical (unpaired) electrons. The molecule has 0 amide bonds. The Morgan fingerprint density at radius 2 is 1.93 bits per heavy atom. The first-order chi connectivity index (χ1) is 14.1. The van der Waals surface area contributed by atoms with Gasteiger partial charge in [-0.3, -0.25) is 0 Å². The number of hydrogen-bond acceptors (Lipinski definition) is 7. The Hall–Kier alpha value is -2.89. The molecule has 3 aromatic rings. The van der Waals surface area contributed by atoms with Gasteiger partial charge in [0.2, 0.25) is 5.95 Å². The van der Waals surface area contributed by atoms with E-state index >= 15 is 0 Å². The van der Waals surface area contributed by atoms with Gasteiger partial charge >= 0.3 is 6.18 Å². The van der Waals surface area contributed by atoms with Crippen LogP contribution in [0.2, 0.25) is 0 Å². The maximum absolute atomic E-state index is 13.3. The molecule has 160 valence electrons. The molecule has 1 saturated carbocycles. The molecule has 0 atom stereocenters. The third-order valence-electron chi connectivity index (χ3n) is 4.68. The number of anilines is 3. The van der Waals surface area contributed by atoms with Crippen molar-refractivity contribution in [3.8, 4) is 0 Å². The quantitative estimate of drug-likeness (QED) is 0.602. The number of fused-ring (bicyclic) bond motifs is 1. The first kappa shape index (κ1) is 20.4. The average molecular weight is 440 g/mol. The van der Waals surface area contributed by atoms with Crippen molar-refractivity contribution < 1.29 is 21.6 Å². The molecule has 1 aliphatic rings. The molecule has 0 saturated heterocycles. The topological polar surface area (TPSA) is 102 Å². The minimum atomic E-state index is -4.58. The highest BCUT2D eigenvalue weighted by atomic mass is 32.2. The summed E-state index contributed by atoms with van der Waals surface area (Å²) in [7, 11) is -3.67. The summed E-state index contributed by atoms with van der Waals surface area (Å²) in [5, 5.41) is 9.45. The van der Waals surface area contributed by atoms with E-state index in [1.165, 1.54) is 6.20 Å². The molecule has 2 heterocycles. The maximum atomic E-state index is 13.3. The monoisotopic (exact) mass is 440 g/mol.